The topological polar surface area (TPSA) is 111 Å². The Balaban J connectivity index is 2.18. The Kier molecular flexibility index (Phi) is 3.84. The Morgan fingerprint density at radius 2 is 2.35 bits per heavy atom. The second kappa shape index (κ2) is 5.41. The van der Waals surface area contributed by atoms with E-state index in [4.69, 9.17) is 4.74 Å². The Morgan fingerprint density at radius 1 is 1.60 bits per heavy atom. The number of aliphatic carboxylic acids is 1. The van der Waals surface area contributed by atoms with E-state index in [9.17, 15) is 14.7 Å². The highest BCUT2D eigenvalue weighted by atomic mass is 16.5. The quantitative estimate of drug-likeness (QED) is 0.751. The van der Waals surface area contributed by atoms with Gasteiger partial charge < -0.3 is 19.9 Å². The average Bonchev–Trinajstić information content (AvgIpc) is 2.81. The van der Waals surface area contributed by atoms with Crippen molar-refractivity contribution in [1.29, 1.82) is 0 Å². The van der Waals surface area contributed by atoms with Gasteiger partial charge in [-0.1, -0.05) is 0 Å². The van der Waals surface area contributed by atoms with Crippen molar-refractivity contribution in [3.8, 4) is 0 Å². The van der Waals surface area contributed by atoms with Crippen LogP contribution in [0.4, 0.5) is 5.82 Å². The zero-order valence-corrected chi connectivity index (χ0v) is 11.1. The molecule has 1 aliphatic rings. The molecule has 0 radical (unpaired) electrons. The van der Waals surface area contributed by atoms with Crippen LogP contribution in [0.2, 0.25) is 0 Å². The van der Waals surface area contributed by atoms with Gasteiger partial charge >= 0.3 is 11.9 Å². The molecule has 8 nitrogen and oxygen atoms in total. The molecule has 8 heteroatoms. The number of hydrogen-bond donors (Lipinski definition) is 2. The number of carboxylic acids is 1. The van der Waals surface area contributed by atoms with E-state index in [2.05, 4.69) is 20.0 Å². The van der Waals surface area contributed by atoms with E-state index < -0.39 is 23.4 Å². The van der Waals surface area contributed by atoms with Gasteiger partial charge in [-0.2, -0.15) is 0 Å². The minimum Gasteiger partial charge on any atom is -0.481 e. The molecule has 2 N–H and O–H groups in total. The van der Waals surface area contributed by atoms with Crippen molar-refractivity contribution in [1.82, 2.24) is 9.97 Å². The van der Waals surface area contributed by atoms with Gasteiger partial charge in [-0.3, -0.25) is 4.79 Å². The molecule has 1 saturated heterocycles. The average molecular weight is 281 g/mol. The molecule has 0 amide bonds. The number of nitrogens with one attached hydrogen (secondary N) is 1. The molecular weight excluding hydrogens is 266 g/mol. The van der Waals surface area contributed by atoms with E-state index in [1.165, 1.54) is 13.3 Å². The summed E-state index contributed by atoms with van der Waals surface area (Å²) in [7, 11) is 1.23. The Morgan fingerprint density at radius 3 is 3.00 bits per heavy atom. The van der Waals surface area contributed by atoms with Crippen LogP contribution in [-0.2, 0) is 14.3 Å². The van der Waals surface area contributed by atoms with Gasteiger partial charge in [-0.05, 0) is 13.0 Å². The largest absolute Gasteiger partial charge is 0.481 e. The van der Waals surface area contributed by atoms with Crippen LogP contribution in [0.15, 0.2) is 12.3 Å². The molecular formula is C12H15N3O5. The summed E-state index contributed by atoms with van der Waals surface area (Å²) in [5.74, 6) is -1.34. The van der Waals surface area contributed by atoms with Crippen LogP contribution in [0.1, 0.15) is 17.5 Å². The third-order valence-corrected chi connectivity index (χ3v) is 3.29. The van der Waals surface area contributed by atoms with Crippen molar-refractivity contribution in [2.75, 3.05) is 25.6 Å². The summed E-state index contributed by atoms with van der Waals surface area (Å²) in [4.78, 5) is 30.4. The Bertz CT molecular complexity index is 536. The van der Waals surface area contributed by atoms with E-state index >= 15 is 0 Å². The summed E-state index contributed by atoms with van der Waals surface area (Å²) < 4.78 is 9.76. The van der Waals surface area contributed by atoms with Crippen LogP contribution in [0.25, 0.3) is 0 Å². The zero-order chi connectivity index (χ0) is 14.8. The van der Waals surface area contributed by atoms with E-state index in [1.807, 2.05) is 0 Å². The van der Waals surface area contributed by atoms with Crippen molar-refractivity contribution in [3.05, 3.63) is 18.1 Å². The van der Waals surface area contributed by atoms with E-state index in [-0.39, 0.29) is 19.0 Å². The van der Waals surface area contributed by atoms with E-state index in [0.717, 1.165) is 0 Å². The fourth-order valence-electron chi connectivity index (χ4n) is 1.89. The van der Waals surface area contributed by atoms with Gasteiger partial charge in [0.25, 0.3) is 0 Å². The number of ether oxygens (including phenoxy) is 2. The molecule has 2 unspecified atom stereocenters. The van der Waals surface area contributed by atoms with Crippen LogP contribution in [-0.4, -0.2) is 53.4 Å². The SMILES string of the molecule is COC(=O)c1nccc(NC2COCC2(C)C(=O)O)n1. The molecule has 1 aliphatic heterocycles. The highest BCUT2D eigenvalue weighted by Gasteiger charge is 2.46. The molecule has 0 bridgehead atoms. The van der Waals surface area contributed by atoms with Gasteiger partial charge in [0.1, 0.15) is 11.2 Å². The predicted molar refractivity (Wildman–Crippen MR) is 67.3 cm³/mol. The van der Waals surface area contributed by atoms with Crippen molar-refractivity contribution in [2.24, 2.45) is 5.41 Å². The number of carboxylic acid groups (broad SMARTS) is 1. The molecule has 20 heavy (non-hydrogen) atoms. The van der Waals surface area contributed by atoms with E-state index in [1.54, 1.807) is 13.0 Å². The van der Waals surface area contributed by atoms with Crippen molar-refractivity contribution in [3.63, 3.8) is 0 Å². The summed E-state index contributed by atoms with van der Waals surface area (Å²) in [5, 5.41) is 12.2. The monoisotopic (exact) mass is 281 g/mol. The molecule has 2 heterocycles. The number of hydrogen-bond acceptors (Lipinski definition) is 7. The molecule has 2 atom stereocenters. The van der Waals surface area contributed by atoms with Crippen molar-refractivity contribution >= 4 is 17.8 Å². The van der Waals surface area contributed by atoms with Gasteiger partial charge in [-0.15, -0.1) is 0 Å². The number of esters is 1. The first kappa shape index (κ1) is 14.2. The fraction of sp³-hybridized carbons (Fsp3) is 0.500. The lowest BCUT2D eigenvalue weighted by Crippen LogP contribution is -2.43. The number of carbonyl (C=O) groups excluding carboxylic acids is 1. The van der Waals surface area contributed by atoms with Gasteiger partial charge in [0, 0.05) is 6.20 Å². The van der Waals surface area contributed by atoms with Gasteiger partial charge in [0.2, 0.25) is 5.82 Å². The Hall–Kier alpha value is -2.22. The molecule has 1 aromatic rings. The second-order valence-corrected chi connectivity index (χ2v) is 4.69. The number of methoxy groups -OCH3 is 1. The Labute approximate surface area is 115 Å². The van der Waals surface area contributed by atoms with Crippen molar-refractivity contribution < 1.29 is 24.2 Å². The summed E-state index contributed by atoms with van der Waals surface area (Å²) in [6, 6.07) is 1.10. The number of carbonyl (C=O) groups is 2. The summed E-state index contributed by atoms with van der Waals surface area (Å²) in [6.07, 6.45) is 1.40. The lowest BCUT2D eigenvalue weighted by Gasteiger charge is -2.25. The number of aromatic nitrogens is 2. The molecule has 0 saturated carbocycles. The molecule has 0 aromatic carbocycles. The summed E-state index contributed by atoms with van der Waals surface area (Å²) in [5.41, 5.74) is -1.05. The highest BCUT2D eigenvalue weighted by molar-refractivity contribution is 5.85. The maximum atomic E-state index is 11.3. The minimum atomic E-state index is -1.05. The fourth-order valence-corrected chi connectivity index (χ4v) is 1.89. The summed E-state index contributed by atoms with van der Waals surface area (Å²) >= 11 is 0. The number of rotatable bonds is 4. The molecule has 108 valence electrons. The molecule has 2 rings (SSSR count). The highest BCUT2D eigenvalue weighted by Crippen LogP contribution is 2.30. The molecule has 1 fully saturated rings. The first-order valence-corrected chi connectivity index (χ1v) is 5.96. The predicted octanol–water partition coefficient (Wildman–Crippen LogP) is 0.165. The maximum absolute atomic E-state index is 11.3. The molecule has 0 spiro atoms. The van der Waals surface area contributed by atoms with Crippen LogP contribution in [0, 0.1) is 5.41 Å². The normalized spacial score (nSPS) is 25.2. The van der Waals surface area contributed by atoms with Gasteiger partial charge in [-0.25, -0.2) is 14.8 Å². The van der Waals surface area contributed by atoms with Crippen molar-refractivity contribution in [2.45, 2.75) is 13.0 Å². The first-order chi connectivity index (χ1) is 9.47. The van der Waals surface area contributed by atoms with Gasteiger partial charge in [0.05, 0.1) is 26.4 Å². The third-order valence-electron chi connectivity index (χ3n) is 3.29. The number of nitrogens with zero attached hydrogens (tertiary/aromatic N) is 2. The van der Waals surface area contributed by atoms with E-state index in [0.29, 0.717) is 5.82 Å². The third kappa shape index (κ3) is 2.55. The lowest BCUT2D eigenvalue weighted by molar-refractivity contribution is -0.148. The molecule has 1 aromatic heterocycles. The second-order valence-electron chi connectivity index (χ2n) is 4.69. The zero-order valence-electron chi connectivity index (χ0n) is 11.1. The van der Waals surface area contributed by atoms with Gasteiger partial charge in [0.15, 0.2) is 0 Å². The van der Waals surface area contributed by atoms with Crippen LogP contribution >= 0.6 is 0 Å². The van der Waals surface area contributed by atoms with Crippen LogP contribution < -0.4 is 5.32 Å². The minimum absolute atomic E-state index is 0.0894. The van der Waals surface area contributed by atoms with Crippen LogP contribution in [0.5, 0.6) is 0 Å². The lowest BCUT2D eigenvalue weighted by atomic mass is 9.85. The number of anilines is 1. The first-order valence-electron chi connectivity index (χ1n) is 5.96. The maximum Gasteiger partial charge on any atom is 0.376 e. The summed E-state index contributed by atoms with van der Waals surface area (Å²) in [6.45, 7) is 1.97. The standard InChI is InChI=1S/C12H15N3O5/c1-12(11(17)18)6-20-5-7(12)14-8-3-4-13-9(15-8)10(16)19-2/h3-4,7H,5-6H2,1-2H3,(H,17,18)(H,13,14,15). The smallest absolute Gasteiger partial charge is 0.376 e. The van der Waals surface area contributed by atoms with Crippen LogP contribution in [0.3, 0.4) is 0 Å². The molecule has 0 aliphatic carbocycles.